The summed E-state index contributed by atoms with van der Waals surface area (Å²) in [7, 11) is 0. The van der Waals surface area contributed by atoms with Gasteiger partial charge < -0.3 is 4.90 Å². The van der Waals surface area contributed by atoms with Gasteiger partial charge in [0, 0.05) is 34.0 Å². The van der Waals surface area contributed by atoms with Crippen molar-refractivity contribution in [1.29, 1.82) is 10.5 Å². The van der Waals surface area contributed by atoms with Gasteiger partial charge in [-0.3, -0.25) is 0 Å². The molecule has 5 aromatic carbocycles. The van der Waals surface area contributed by atoms with Crippen molar-refractivity contribution in [2.75, 3.05) is 4.90 Å². The summed E-state index contributed by atoms with van der Waals surface area (Å²) < 4.78 is 0. The molecule has 3 aliphatic carbocycles. The van der Waals surface area contributed by atoms with Crippen molar-refractivity contribution < 1.29 is 0 Å². The van der Waals surface area contributed by atoms with E-state index in [2.05, 4.69) is 136 Å². The number of benzene rings is 5. The van der Waals surface area contributed by atoms with Crippen LogP contribution >= 0.6 is 0 Å². The first-order valence-electron chi connectivity index (χ1n) is 17.7. The SMILES string of the molecule is Cc1ccc(N(c2ccc(C#N)cc2)c2ccc3c4c5c(ccc24)C=CC(C(C)(C2=CCC(C)(C)CC2)c2ccc(C#N)cc2)C5C=C3)cc1. The van der Waals surface area contributed by atoms with Crippen LogP contribution in [0.4, 0.5) is 17.1 Å². The highest BCUT2D eigenvalue weighted by atomic mass is 15.1. The van der Waals surface area contributed by atoms with Crippen molar-refractivity contribution in [3.05, 3.63) is 160 Å². The number of hydrogen-bond donors (Lipinski definition) is 0. The van der Waals surface area contributed by atoms with Gasteiger partial charge in [0.1, 0.15) is 0 Å². The van der Waals surface area contributed by atoms with Crippen LogP contribution < -0.4 is 4.90 Å². The van der Waals surface area contributed by atoms with Gasteiger partial charge in [0.2, 0.25) is 0 Å². The fraction of sp³-hybridized carbons (Fsp3) is 0.234. The summed E-state index contributed by atoms with van der Waals surface area (Å²) in [5, 5.41) is 21.7. The fourth-order valence-electron chi connectivity index (χ4n) is 8.66. The zero-order valence-corrected chi connectivity index (χ0v) is 29.2. The van der Waals surface area contributed by atoms with Crippen LogP contribution in [0.1, 0.15) is 84.9 Å². The average molecular weight is 648 g/mol. The van der Waals surface area contributed by atoms with Gasteiger partial charge >= 0.3 is 0 Å². The summed E-state index contributed by atoms with van der Waals surface area (Å²) in [4.78, 5) is 2.32. The van der Waals surface area contributed by atoms with Gasteiger partial charge in [-0.2, -0.15) is 10.5 Å². The molecule has 0 N–H and O–H groups in total. The molecule has 0 saturated heterocycles. The Morgan fingerprint density at radius 2 is 1.36 bits per heavy atom. The van der Waals surface area contributed by atoms with Crippen LogP contribution in [0.2, 0.25) is 0 Å². The van der Waals surface area contributed by atoms with E-state index in [-0.39, 0.29) is 17.3 Å². The molecule has 0 spiro atoms. The lowest BCUT2D eigenvalue weighted by molar-refractivity contribution is 0.289. The zero-order valence-electron chi connectivity index (χ0n) is 29.2. The highest BCUT2D eigenvalue weighted by Gasteiger charge is 2.45. The summed E-state index contributed by atoms with van der Waals surface area (Å²) in [6, 6.07) is 38.7. The summed E-state index contributed by atoms with van der Waals surface area (Å²) in [6.45, 7) is 9.32. The Morgan fingerprint density at radius 3 is 2.00 bits per heavy atom. The van der Waals surface area contributed by atoms with Gasteiger partial charge in [-0.1, -0.05) is 105 Å². The van der Waals surface area contributed by atoms with Crippen molar-refractivity contribution in [3.63, 3.8) is 0 Å². The van der Waals surface area contributed by atoms with Gasteiger partial charge in [-0.25, -0.2) is 0 Å². The maximum atomic E-state index is 9.63. The summed E-state index contributed by atoms with van der Waals surface area (Å²) in [5.41, 5.74) is 12.5. The maximum Gasteiger partial charge on any atom is 0.0991 e. The predicted octanol–water partition coefficient (Wildman–Crippen LogP) is 12.2. The molecule has 0 bridgehead atoms. The molecular weight excluding hydrogens is 607 g/mol. The Morgan fingerprint density at radius 1 is 0.740 bits per heavy atom. The molecule has 0 aromatic heterocycles. The molecule has 0 radical (unpaired) electrons. The van der Waals surface area contributed by atoms with Gasteiger partial charge in [-0.05, 0) is 114 Å². The molecule has 3 unspecified atom stereocenters. The van der Waals surface area contributed by atoms with E-state index in [1.165, 1.54) is 50.6 Å². The van der Waals surface area contributed by atoms with Crippen molar-refractivity contribution in [2.45, 2.75) is 58.3 Å². The minimum atomic E-state index is -0.249. The van der Waals surface area contributed by atoms with E-state index in [0.29, 0.717) is 16.5 Å². The second-order valence-corrected chi connectivity index (χ2v) is 15.3. The Kier molecular flexibility index (Phi) is 7.62. The molecule has 0 aliphatic heterocycles. The number of hydrogen-bond acceptors (Lipinski definition) is 3. The standard InChI is InChI=1S/C47H41N3/c1-31-5-17-38(18-6-31)50(39-19-9-33(30-49)10-20-39)43-24-14-35-11-21-40-42(23-13-34-12-22-41(43)45(35)44(34)40)47(4,36-15-7-32(29-48)8-16-36)37-25-27-46(2,3)28-26-37/h5-25,40,42H,26-28H2,1-4H3. The molecule has 3 aliphatic rings. The normalized spacial score (nSPS) is 19.6. The highest BCUT2D eigenvalue weighted by Crippen LogP contribution is 2.56. The largest absolute Gasteiger partial charge is 0.310 e. The van der Waals surface area contributed by atoms with E-state index < -0.39 is 0 Å². The topological polar surface area (TPSA) is 50.8 Å². The third-order valence-corrected chi connectivity index (χ3v) is 11.7. The molecule has 5 aromatic rings. The minimum absolute atomic E-state index is 0.181. The number of allylic oxidation sites excluding steroid dienone is 4. The van der Waals surface area contributed by atoms with Crippen molar-refractivity contribution >= 4 is 40.0 Å². The first-order valence-corrected chi connectivity index (χ1v) is 17.7. The molecule has 3 atom stereocenters. The highest BCUT2D eigenvalue weighted by molar-refractivity contribution is 6.07. The quantitative estimate of drug-likeness (QED) is 0.172. The van der Waals surface area contributed by atoms with Crippen molar-refractivity contribution in [1.82, 2.24) is 0 Å². The number of anilines is 3. The van der Waals surface area contributed by atoms with E-state index in [0.717, 1.165) is 29.9 Å². The Labute approximate surface area is 296 Å². The molecule has 3 heteroatoms. The number of aryl methyl sites for hydroxylation is 1. The van der Waals surface area contributed by atoms with E-state index in [9.17, 15) is 10.5 Å². The van der Waals surface area contributed by atoms with Gasteiger partial charge in [0.05, 0.1) is 29.0 Å². The first kappa shape index (κ1) is 31.6. The van der Waals surface area contributed by atoms with Gasteiger partial charge in [0.25, 0.3) is 0 Å². The third kappa shape index (κ3) is 5.17. The fourth-order valence-corrected chi connectivity index (χ4v) is 8.66. The van der Waals surface area contributed by atoms with E-state index in [1.54, 1.807) is 0 Å². The summed E-state index contributed by atoms with van der Waals surface area (Å²) in [5.74, 6) is 0.376. The number of rotatable bonds is 6. The molecule has 0 amide bonds. The average Bonchev–Trinajstić information content (AvgIpc) is 3.15. The summed E-state index contributed by atoms with van der Waals surface area (Å²) >= 11 is 0. The minimum Gasteiger partial charge on any atom is -0.310 e. The maximum absolute atomic E-state index is 9.63. The lowest BCUT2D eigenvalue weighted by atomic mass is 9.56. The van der Waals surface area contributed by atoms with E-state index in [4.69, 9.17) is 0 Å². The molecule has 3 nitrogen and oxygen atoms in total. The third-order valence-electron chi connectivity index (χ3n) is 11.7. The van der Waals surface area contributed by atoms with E-state index in [1.807, 2.05) is 36.4 Å². The van der Waals surface area contributed by atoms with Crippen LogP contribution in [0.25, 0.3) is 22.9 Å². The molecule has 50 heavy (non-hydrogen) atoms. The van der Waals surface area contributed by atoms with Crippen LogP contribution in [0.15, 0.2) is 121 Å². The van der Waals surface area contributed by atoms with Gasteiger partial charge in [-0.15, -0.1) is 0 Å². The monoisotopic (exact) mass is 647 g/mol. The molecule has 0 fully saturated rings. The Balaban J connectivity index is 1.31. The van der Waals surface area contributed by atoms with Gasteiger partial charge in [0.15, 0.2) is 0 Å². The lowest BCUT2D eigenvalue weighted by Gasteiger charge is -2.47. The van der Waals surface area contributed by atoms with Crippen LogP contribution in [0.5, 0.6) is 0 Å². The zero-order chi connectivity index (χ0) is 34.6. The second-order valence-electron chi connectivity index (χ2n) is 15.3. The van der Waals surface area contributed by atoms with Crippen molar-refractivity contribution in [3.8, 4) is 12.1 Å². The molecule has 0 saturated carbocycles. The first-order chi connectivity index (χ1) is 24.2. The molecule has 0 heterocycles. The summed E-state index contributed by atoms with van der Waals surface area (Å²) in [6.07, 6.45) is 15.4. The molecular formula is C47H41N3. The number of nitrogens with zero attached hydrogens (tertiary/aromatic N) is 3. The number of nitriles is 2. The van der Waals surface area contributed by atoms with E-state index >= 15 is 0 Å². The second kappa shape index (κ2) is 12.0. The smallest absolute Gasteiger partial charge is 0.0991 e. The molecule has 244 valence electrons. The van der Waals surface area contributed by atoms with Crippen LogP contribution in [0.3, 0.4) is 0 Å². The predicted molar refractivity (Wildman–Crippen MR) is 207 cm³/mol. The van der Waals surface area contributed by atoms with Crippen LogP contribution in [-0.2, 0) is 5.41 Å². The Bertz CT molecular complexity index is 2310. The van der Waals surface area contributed by atoms with Crippen LogP contribution in [0, 0.1) is 40.9 Å². The van der Waals surface area contributed by atoms with Crippen LogP contribution in [-0.4, -0.2) is 0 Å². The molecule has 8 rings (SSSR count). The lowest BCUT2D eigenvalue weighted by Crippen LogP contribution is -2.39. The Hall–Kier alpha value is -5.64. The van der Waals surface area contributed by atoms with Crippen molar-refractivity contribution in [2.24, 2.45) is 11.3 Å².